The average Bonchev–Trinajstić information content (AvgIpc) is 0.775. The van der Waals surface area contributed by atoms with Crippen molar-refractivity contribution in [1.82, 2.24) is 21.3 Å². The number of aliphatic carboxylic acids is 1. The number of carbonyl (C=O) groups excluding carboxylic acids is 4. The van der Waals surface area contributed by atoms with E-state index in [1.54, 1.807) is 0 Å². The first-order valence-corrected chi connectivity index (χ1v) is 33.7. The van der Waals surface area contributed by atoms with Gasteiger partial charge >= 0.3 is 5.97 Å². The standard InChI is InChI=1S/C59H98N4O44/c1-14(71)60-27-18(75)5-59(58(91)92,106-47(27)31(77)19(76)6-64)107-50-35(81)23(10-68)98-57(43(50)89)101-44-25(12-70)99-52(29(38(44)84)62-16(3)73)93-13-26-36(82)49(42(88)56(100-26)102-45-24(11-69)94-51(90)40(86)39(45)85)105-55-41(87)48(34(80)22(9-67)97-55)104-54-30(63-17(4)74)46(33(79)21(8-66)96-54)103-53-28(61-15(2)72)37(83)32(78)20(7-65)95-53/h18-57,64-70,75-90H,5-13H2,1-4H3,(H,60,71)(H,61,72)(H,62,73)(H,63,74)(H,91,92)/t18-,19+,20+,21+,22+,23+,24+,25+,26+,27+,28+,29+,30+,31+,32-,33-,34-,35-,36-,37+,38+,39+,40+,41+,42+,43+,44+,45+,46+,47+,48-,49-,50-,51+,52+,53+,54-,55+,56-,57-,59-/m0/s1. The molecule has 8 rings (SSSR count). The lowest BCUT2D eigenvalue weighted by Gasteiger charge is -2.51. The Balaban J connectivity index is 1.06. The minimum atomic E-state index is -3.26. The normalized spacial score (nSPS) is 46.9. The van der Waals surface area contributed by atoms with Gasteiger partial charge in [-0.05, 0) is 0 Å². The minimum absolute atomic E-state index is 0.811. The summed E-state index contributed by atoms with van der Waals surface area (Å²) < 4.78 is 87.4. The number of hydrogen-bond acceptors (Lipinski definition) is 43. The van der Waals surface area contributed by atoms with Crippen LogP contribution in [-0.4, -0.2) is 456 Å². The van der Waals surface area contributed by atoms with Gasteiger partial charge in [-0.15, -0.1) is 0 Å². The van der Waals surface area contributed by atoms with E-state index in [-0.39, 0.29) is 0 Å². The molecule has 0 radical (unpaired) electrons. The van der Waals surface area contributed by atoms with Gasteiger partial charge in [0.15, 0.2) is 44.0 Å². The van der Waals surface area contributed by atoms with Crippen molar-refractivity contribution < 1.29 is 218 Å². The van der Waals surface area contributed by atoms with Gasteiger partial charge in [0, 0.05) is 34.1 Å². The molecule has 41 atom stereocenters. The maximum Gasteiger partial charge on any atom is 0.364 e. The van der Waals surface area contributed by atoms with E-state index in [4.69, 9.17) is 71.1 Å². The van der Waals surface area contributed by atoms with Crippen molar-refractivity contribution in [2.24, 2.45) is 0 Å². The molecular formula is C59H98N4O44. The average molecular weight is 1570 g/mol. The Bertz CT molecular complexity index is 2870. The van der Waals surface area contributed by atoms with E-state index >= 15 is 0 Å². The number of carboxylic acid groups (broad SMARTS) is 1. The highest BCUT2D eigenvalue weighted by Gasteiger charge is 2.63. The molecule has 107 heavy (non-hydrogen) atoms. The maximum absolute atomic E-state index is 13.2. The van der Waals surface area contributed by atoms with Gasteiger partial charge in [-0.2, -0.15) is 0 Å². The molecule has 4 amide bonds. The van der Waals surface area contributed by atoms with Crippen molar-refractivity contribution in [3.8, 4) is 0 Å². The highest BCUT2D eigenvalue weighted by atomic mass is 16.8. The van der Waals surface area contributed by atoms with Crippen molar-refractivity contribution in [2.45, 2.75) is 285 Å². The Morgan fingerprint density at radius 3 is 1.23 bits per heavy atom. The van der Waals surface area contributed by atoms with Crippen LogP contribution in [0.1, 0.15) is 34.1 Å². The molecule has 0 spiro atoms. The van der Waals surface area contributed by atoms with Crippen molar-refractivity contribution in [3.05, 3.63) is 0 Å². The van der Waals surface area contributed by atoms with Gasteiger partial charge in [0.05, 0.1) is 65.0 Å². The molecule has 48 nitrogen and oxygen atoms in total. The van der Waals surface area contributed by atoms with Crippen LogP contribution in [0.2, 0.25) is 0 Å². The van der Waals surface area contributed by atoms with Gasteiger partial charge in [-0.3, -0.25) is 19.2 Å². The van der Waals surface area contributed by atoms with Crippen LogP contribution in [0.25, 0.3) is 0 Å². The highest BCUT2D eigenvalue weighted by Crippen LogP contribution is 2.41. The van der Waals surface area contributed by atoms with Crippen molar-refractivity contribution in [1.29, 1.82) is 0 Å². The van der Waals surface area contributed by atoms with E-state index in [0.717, 1.165) is 27.7 Å². The molecular weight excluding hydrogens is 1470 g/mol. The zero-order chi connectivity index (χ0) is 79.3. The number of rotatable bonds is 29. The second kappa shape index (κ2) is 38.1. The molecule has 0 saturated carbocycles. The Hall–Kier alpha value is -4.17. The zero-order valence-electron chi connectivity index (χ0n) is 57.4. The summed E-state index contributed by atoms with van der Waals surface area (Å²) in [5.74, 6) is -8.94. The molecule has 0 aromatic heterocycles. The highest BCUT2D eigenvalue weighted by molar-refractivity contribution is 5.77. The molecule has 8 aliphatic rings. The molecule has 0 aromatic carbocycles. The topological polar surface area (TPSA) is 757 Å². The van der Waals surface area contributed by atoms with E-state index in [9.17, 15) is 147 Å². The Morgan fingerprint density at radius 2 is 0.748 bits per heavy atom. The molecule has 8 heterocycles. The number of hydrogen-bond donors (Lipinski definition) is 28. The summed E-state index contributed by atoms with van der Waals surface area (Å²) in [4.78, 5) is 63.5. The molecule has 28 N–H and O–H groups in total. The third-order valence-electron chi connectivity index (χ3n) is 19.2. The predicted molar refractivity (Wildman–Crippen MR) is 328 cm³/mol. The Morgan fingerprint density at radius 1 is 0.383 bits per heavy atom. The van der Waals surface area contributed by atoms with Gasteiger partial charge in [0.1, 0.15) is 189 Å². The third-order valence-corrected chi connectivity index (χ3v) is 19.2. The number of carboxylic acids is 1. The number of nitrogens with one attached hydrogen (secondary N) is 4. The minimum Gasteiger partial charge on any atom is -0.477 e. The number of carbonyl (C=O) groups is 5. The fraction of sp³-hybridized carbons (Fsp3) is 0.915. The Labute approximate surface area is 605 Å². The molecule has 618 valence electrons. The lowest BCUT2D eigenvalue weighted by atomic mass is 9.88. The van der Waals surface area contributed by atoms with Crippen molar-refractivity contribution >= 4 is 29.6 Å². The van der Waals surface area contributed by atoms with Crippen LogP contribution in [0, 0.1) is 0 Å². The lowest BCUT2D eigenvalue weighted by molar-refractivity contribution is -0.392. The number of aliphatic hydroxyl groups excluding tert-OH is 23. The van der Waals surface area contributed by atoms with Gasteiger partial charge < -0.3 is 215 Å². The SMILES string of the molecule is CC(=O)N[C@H]1[C@H](OC[C@H]2O[C@@H](O[C@H]3[C@H](O)[C@@H](O)[C@H](O)O[C@@H]3CO)[C@H](O)[C@@H](O[C@H]3O[C@H](CO)[C@H](O)[C@H](O[C@@H]4O[C@H](CO)[C@H](O)[C@H](O[C@H]5O[C@H](CO)[C@H](O)[C@H](O)[C@H]5NC(C)=O)[C@H]4NC(C)=O)[C@H]3O)[C@H]2O)O[C@H](CO)[C@@H](O[C@@H]2O[C@H](CO)[C@H](O)[C@H](O[C@]3(C(=O)O)C[C@H](O)[C@@H](NC(C)=O)[C@H]([C@H](O)[C@H](O)CO)O3)[C@H]2O)[C@@H]1O. The molecule has 8 aliphatic heterocycles. The second-order valence-electron chi connectivity index (χ2n) is 26.8. The van der Waals surface area contributed by atoms with Crippen LogP contribution in [0.5, 0.6) is 0 Å². The van der Waals surface area contributed by atoms with Crippen molar-refractivity contribution in [3.63, 3.8) is 0 Å². The Kier molecular flexibility index (Phi) is 31.5. The first-order valence-electron chi connectivity index (χ1n) is 33.7. The van der Waals surface area contributed by atoms with E-state index in [2.05, 4.69) is 21.3 Å². The third kappa shape index (κ3) is 19.6. The monoisotopic (exact) mass is 1570 g/mol. The predicted octanol–water partition coefficient (Wildman–Crippen LogP) is -18.7. The first kappa shape index (κ1) is 88.4. The van der Waals surface area contributed by atoms with Crippen LogP contribution in [0.15, 0.2) is 0 Å². The van der Waals surface area contributed by atoms with Crippen LogP contribution in [-0.2, 0) is 95.0 Å². The van der Waals surface area contributed by atoms with E-state index in [0.29, 0.717) is 0 Å². The largest absolute Gasteiger partial charge is 0.477 e. The summed E-state index contributed by atoms with van der Waals surface area (Å²) in [5, 5.41) is 274. The maximum atomic E-state index is 13.2. The van der Waals surface area contributed by atoms with E-state index in [1.807, 2.05) is 0 Å². The van der Waals surface area contributed by atoms with Gasteiger partial charge in [-0.1, -0.05) is 0 Å². The fourth-order valence-corrected chi connectivity index (χ4v) is 13.7. The smallest absolute Gasteiger partial charge is 0.364 e. The van der Waals surface area contributed by atoms with Gasteiger partial charge in [0.2, 0.25) is 23.6 Å². The van der Waals surface area contributed by atoms with Gasteiger partial charge in [-0.25, -0.2) is 4.79 Å². The summed E-state index contributed by atoms with van der Waals surface area (Å²) in [7, 11) is 0. The molecule has 0 aromatic rings. The van der Waals surface area contributed by atoms with Crippen LogP contribution in [0.3, 0.4) is 0 Å². The number of ether oxygens (including phenoxy) is 15. The summed E-state index contributed by atoms with van der Waals surface area (Å²) in [6, 6.07) is -7.19. The van der Waals surface area contributed by atoms with Crippen molar-refractivity contribution in [2.75, 3.05) is 52.9 Å². The van der Waals surface area contributed by atoms with E-state index in [1.165, 1.54) is 0 Å². The summed E-state index contributed by atoms with van der Waals surface area (Å²) in [6.45, 7) is -5.11. The molecule has 0 bridgehead atoms. The van der Waals surface area contributed by atoms with E-state index < -0.39 is 340 Å². The molecule has 48 heteroatoms. The molecule has 0 unspecified atom stereocenters. The zero-order valence-corrected chi connectivity index (χ0v) is 57.4. The van der Waals surface area contributed by atoms with Gasteiger partial charge in [0.25, 0.3) is 5.79 Å². The first-order chi connectivity index (χ1) is 50.4. The number of aliphatic hydroxyl groups is 23. The summed E-state index contributed by atoms with van der Waals surface area (Å²) in [6.07, 6.45) is -77.5. The van der Waals surface area contributed by atoms with Crippen LogP contribution in [0.4, 0.5) is 0 Å². The van der Waals surface area contributed by atoms with Crippen LogP contribution < -0.4 is 21.3 Å². The summed E-state index contributed by atoms with van der Waals surface area (Å²) in [5.41, 5.74) is 0. The molecule has 8 fully saturated rings. The fourth-order valence-electron chi connectivity index (χ4n) is 13.7. The number of amides is 4. The summed E-state index contributed by atoms with van der Waals surface area (Å²) >= 11 is 0. The molecule has 8 saturated heterocycles. The van der Waals surface area contributed by atoms with Crippen LogP contribution >= 0.6 is 0 Å². The molecule has 0 aliphatic carbocycles. The second-order valence-corrected chi connectivity index (χ2v) is 26.8. The quantitative estimate of drug-likeness (QED) is 0.0331. The lowest BCUT2D eigenvalue weighted by Crippen LogP contribution is -2.71.